The van der Waals surface area contributed by atoms with E-state index in [1.165, 1.54) is 12.0 Å². The summed E-state index contributed by atoms with van der Waals surface area (Å²) in [5.41, 5.74) is 3.98. The van der Waals surface area contributed by atoms with Crippen molar-refractivity contribution in [1.29, 1.82) is 0 Å². The number of hydrogen-bond donors (Lipinski definition) is 0. The fourth-order valence-electron chi connectivity index (χ4n) is 2.29. The summed E-state index contributed by atoms with van der Waals surface area (Å²) in [4.78, 5) is 0. The van der Waals surface area contributed by atoms with Gasteiger partial charge in [-0.1, -0.05) is 29.8 Å². The molecule has 0 radical (unpaired) electrons. The molecule has 3 heteroatoms. The molecule has 0 N–H and O–H groups in total. The van der Waals surface area contributed by atoms with Crippen molar-refractivity contribution in [3.63, 3.8) is 0 Å². The quantitative estimate of drug-likeness (QED) is 0.338. The molecule has 0 atom stereocenters. The molecule has 24 heavy (non-hydrogen) atoms. The summed E-state index contributed by atoms with van der Waals surface area (Å²) in [6.45, 7) is 13.1. The molecule has 0 aromatic heterocycles. The predicted octanol–water partition coefficient (Wildman–Crippen LogP) is 6.22. The summed E-state index contributed by atoms with van der Waals surface area (Å²) in [5.74, 6) is 0.869. The molecular formula is C21H30OSiTi. The first kappa shape index (κ1) is 21.0. The van der Waals surface area contributed by atoms with Crippen molar-refractivity contribution in [3.05, 3.63) is 75.4 Å². The van der Waals surface area contributed by atoms with E-state index in [0.717, 1.165) is 11.3 Å². The zero-order chi connectivity index (χ0) is 17.9. The fraction of sp³-hybridized carbons (Fsp3) is 0.333. The third-order valence-corrected chi connectivity index (χ3v) is 9.47. The van der Waals surface area contributed by atoms with Gasteiger partial charge < -0.3 is 4.74 Å². The maximum absolute atomic E-state index is 5.46. The van der Waals surface area contributed by atoms with Crippen LogP contribution in [0.15, 0.2) is 75.4 Å². The number of hydrogen-bond acceptors (Lipinski definition) is 1. The Hall–Kier alpha value is -1.09. The van der Waals surface area contributed by atoms with Crippen molar-refractivity contribution >= 4 is 6.66 Å². The summed E-state index contributed by atoms with van der Waals surface area (Å²) in [5, 5.41) is 0. The Morgan fingerprint density at radius 1 is 1.12 bits per heavy atom. The second-order valence-corrected chi connectivity index (χ2v) is 16.9. The molecule has 0 saturated carbocycles. The molecule has 0 heterocycles. The van der Waals surface area contributed by atoms with Crippen LogP contribution < -0.4 is 4.74 Å². The van der Waals surface area contributed by atoms with Crippen molar-refractivity contribution in [1.82, 2.24) is 0 Å². The molecule has 0 spiro atoms. The van der Waals surface area contributed by atoms with E-state index < -0.39 is 0 Å². The Balaban J connectivity index is 0.000000254. The van der Waals surface area contributed by atoms with Gasteiger partial charge >= 0.3 is 73.1 Å². The zero-order valence-corrected chi connectivity index (χ0v) is 18.6. The van der Waals surface area contributed by atoms with E-state index in [2.05, 4.69) is 52.1 Å². The van der Waals surface area contributed by atoms with Crippen LogP contribution in [0.2, 0.25) is 13.1 Å². The first-order chi connectivity index (χ1) is 11.4. The Morgan fingerprint density at radius 2 is 1.79 bits per heavy atom. The molecule has 0 unspecified atom stereocenters. The van der Waals surface area contributed by atoms with E-state index >= 15 is 0 Å². The van der Waals surface area contributed by atoms with Crippen LogP contribution in [0, 0.1) is 0 Å². The number of para-hydroxylation sites is 1. The second-order valence-electron chi connectivity index (χ2n) is 6.58. The number of ether oxygens (including phenoxy) is 1. The minimum atomic E-state index is -0.235. The average Bonchev–Trinajstić information content (AvgIpc) is 2.91. The summed E-state index contributed by atoms with van der Waals surface area (Å²) in [6.07, 6.45) is 9.74. The van der Waals surface area contributed by atoms with Gasteiger partial charge in [-0.2, -0.15) is 0 Å². The zero-order valence-electron chi connectivity index (χ0n) is 15.9. The van der Waals surface area contributed by atoms with Crippen LogP contribution in [0.3, 0.4) is 0 Å². The van der Waals surface area contributed by atoms with E-state index in [1.807, 2.05) is 41.1 Å². The molecule has 0 saturated heterocycles. The van der Waals surface area contributed by atoms with Crippen LogP contribution in [0.4, 0.5) is 0 Å². The number of rotatable bonds is 5. The van der Waals surface area contributed by atoms with Crippen LogP contribution in [0.5, 0.6) is 5.75 Å². The topological polar surface area (TPSA) is 9.23 Å². The summed E-state index contributed by atoms with van der Waals surface area (Å²) < 4.78 is 7.28. The van der Waals surface area contributed by atoms with Gasteiger partial charge in [-0.05, 0) is 38.5 Å². The van der Waals surface area contributed by atoms with Crippen molar-refractivity contribution < 1.29 is 23.1 Å². The molecule has 1 aliphatic carbocycles. The molecule has 0 fully saturated rings. The van der Waals surface area contributed by atoms with Gasteiger partial charge in [0.1, 0.15) is 5.75 Å². The molecule has 128 valence electrons. The summed E-state index contributed by atoms with van der Waals surface area (Å²) in [7, 11) is 0. The minimum absolute atomic E-state index is 0.235. The monoisotopic (exact) mass is 374 g/mol. The van der Waals surface area contributed by atoms with Gasteiger partial charge in [0.05, 0.1) is 6.26 Å². The molecule has 0 amide bonds. The molecule has 2 rings (SSSR count). The van der Waals surface area contributed by atoms with Gasteiger partial charge in [-0.15, -0.1) is 0 Å². The number of benzene rings is 1. The van der Waals surface area contributed by atoms with Gasteiger partial charge in [0.25, 0.3) is 0 Å². The predicted molar refractivity (Wildman–Crippen MR) is 106 cm³/mol. The van der Waals surface area contributed by atoms with E-state index in [4.69, 9.17) is 4.74 Å². The first-order valence-corrected chi connectivity index (χ1v) is 14.9. The van der Waals surface area contributed by atoms with Gasteiger partial charge in [0.15, 0.2) is 0 Å². The van der Waals surface area contributed by atoms with Gasteiger partial charge in [0.2, 0.25) is 0 Å². The normalized spacial score (nSPS) is 13.5. The molecule has 0 bridgehead atoms. The van der Waals surface area contributed by atoms with E-state index in [0.29, 0.717) is 18.4 Å². The van der Waals surface area contributed by atoms with Crippen molar-refractivity contribution in [2.45, 2.75) is 47.2 Å². The molecule has 1 aromatic rings. The number of allylic oxidation sites excluding steroid dienone is 7. The molecule has 0 aliphatic heterocycles. The molecule has 1 nitrogen and oxygen atoms in total. The first-order valence-electron chi connectivity index (χ1n) is 8.54. The second kappa shape index (κ2) is 11.5. The third-order valence-electron chi connectivity index (χ3n) is 3.27. The maximum atomic E-state index is 5.46. The Bertz CT molecular complexity index is 620. The van der Waals surface area contributed by atoms with Gasteiger partial charge in [0, 0.05) is 0 Å². The van der Waals surface area contributed by atoms with Crippen LogP contribution >= 0.6 is 0 Å². The van der Waals surface area contributed by atoms with Gasteiger partial charge in [-0.25, -0.2) is 0 Å². The standard InChI is InChI=1S/C13H16O.C6H7.C2H7Si.Ti/c1-11(2)9-12(3)10-14-13-7-5-4-6-8-13;1-6-4-2-3-5-6;1-3-2;/h4-10H,1-3H3;2,4H,3H2,1H3;3H,1-2H3;. The molecule has 1 aliphatic rings. The molecular weight excluding hydrogens is 344 g/mol. The average molecular weight is 374 g/mol. The van der Waals surface area contributed by atoms with Crippen molar-refractivity contribution in [2.24, 2.45) is 0 Å². The van der Waals surface area contributed by atoms with Crippen molar-refractivity contribution in [2.75, 3.05) is 0 Å². The Labute approximate surface area is 157 Å². The van der Waals surface area contributed by atoms with Crippen LogP contribution in [0.1, 0.15) is 34.1 Å². The Kier molecular flexibility index (Phi) is 10.0. The van der Waals surface area contributed by atoms with Crippen LogP contribution in [-0.2, 0) is 18.4 Å². The Morgan fingerprint density at radius 3 is 2.29 bits per heavy atom. The van der Waals surface area contributed by atoms with E-state index in [-0.39, 0.29) is 6.66 Å². The van der Waals surface area contributed by atoms with Gasteiger partial charge in [-0.3, -0.25) is 0 Å². The SMILES string of the molecule is CC(C)=CC(C)=COc1ccccc1.CC1=[C]([Ti][SiH](C)C)CC=C1. The fourth-order valence-corrected chi connectivity index (χ4v) is 8.53. The van der Waals surface area contributed by atoms with Crippen molar-refractivity contribution in [3.8, 4) is 5.75 Å². The third kappa shape index (κ3) is 9.27. The van der Waals surface area contributed by atoms with Crippen LogP contribution in [-0.4, -0.2) is 6.66 Å². The van der Waals surface area contributed by atoms with E-state index in [9.17, 15) is 0 Å². The molecule has 1 aromatic carbocycles. The summed E-state index contributed by atoms with van der Waals surface area (Å²) >= 11 is 0.350. The van der Waals surface area contributed by atoms with E-state index in [1.54, 1.807) is 11.8 Å². The summed E-state index contributed by atoms with van der Waals surface area (Å²) in [6, 6.07) is 9.76. The van der Waals surface area contributed by atoms with Crippen LogP contribution in [0.25, 0.3) is 0 Å².